The van der Waals surface area contributed by atoms with Crippen LogP contribution in [-0.2, 0) is 11.3 Å². The number of carbonyl (C=O) groups is 2. The number of nitrogens with one attached hydrogen (secondary N) is 2. The molecule has 10 heteroatoms. The minimum atomic E-state index is -4.47. The summed E-state index contributed by atoms with van der Waals surface area (Å²) in [6, 6.07) is 4.19. The molecule has 2 N–H and O–H groups in total. The number of halogens is 3. The first-order valence-corrected chi connectivity index (χ1v) is 8.49. The largest absolute Gasteiger partial charge is 0.484 e. The van der Waals surface area contributed by atoms with Gasteiger partial charge in [-0.25, -0.2) is 4.98 Å². The lowest BCUT2D eigenvalue weighted by molar-refractivity contribution is -0.153. The van der Waals surface area contributed by atoms with Crippen molar-refractivity contribution in [2.75, 3.05) is 11.9 Å². The molecule has 0 radical (unpaired) electrons. The third-order valence-electron chi connectivity index (χ3n) is 3.91. The highest BCUT2D eigenvalue weighted by Crippen LogP contribution is 2.30. The quantitative estimate of drug-likeness (QED) is 0.753. The van der Waals surface area contributed by atoms with Gasteiger partial charge in [0.15, 0.2) is 6.61 Å². The van der Waals surface area contributed by atoms with Crippen LogP contribution < -0.4 is 15.4 Å². The van der Waals surface area contributed by atoms with E-state index in [9.17, 15) is 22.8 Å². The molecular formula is C18H17F3N4O3. The fourth-order valence-corrected chi connectivity index (χ4v) is 2.34. The average Bonchev–Trinajstić information content (AvgIpc) is 3.50. The van der Waals surface area contributed by atoms with Crippen molar-refractivity contribution < 1.29 is 27.5 Å². The zero-order chi connectivity index (χ0) is 20.1. The number of hydrogen-bond donors (Lipinski definition) is 2. The Morgan fingerprint density at radius 1 is 1.21 bits per heavy atom. The van der Waals surface area contributed by atoms with Crippen molar-refractivity contribution in [3.05, 3.63) is 47.9 Å². The zero-order valence-electron chi connectivity index (χ0n) is 14.6. The van der Waals surface area contributed by atoms with Crippen LogP contribution >= 0.6 is 0 Å². The lowest BCUT2D eigenvalue weighted by Crippen LogP contribution is -2.24. The van der Waals surface area contributed by atoms with Crippen molar-refractivity contribution in [2.45, 2.75) is 25.6 Å². The minimum Gasteiger partial charge on any atom is -0.484 e. The summed E-state index contributed by atoms with van der Waals surface area (Å²) in [5.41, 5.74) is 0.555. The SMILES string of the molecule is O=C(NCc1cnccc1OCC(F)(F)F)c1ccnc(NC(=O)C2CC2)c1. The summed E-state index contributed by atoms with van der Waals surface area (Å²) in [5, 5.41) is 5.23. The van der Waals surface area contributed by atoms with Crippen LogP contribution in [-0.4, -0.2) is 34.6 Å². The highest BCUT2D eigenvalue weighted by Gasteiger charge is 2.30. The Morgan fingerprint density at radius 2 is 2.00 bits per heavy atom. The Hall–Kier alpha value is -3.17. The number of nitrogens with zero attached hydrogens (tertiary/aromatic N) is 2. The molecule has 0 saturated heterocycles. The van der Waals surface area contributed by atoms with Crippen molar-refractivity contribution in [1.82, 2.24) is 15.3 Å². The third kappa shape index (κ3) is 5.66. The van der Waals surface area contributed by atoms with Gasteiger partial charge >= 0.3 is 6.18 Å². The summed E-state index contributed by atoms with van der Waals surface area (Å²) < 4.78 is 41.8. The van der Waals surface area contributed by atoms with E-state index in [-0.39, 0.29) is 35.5 Å². The van der Waals surface area contributed by atoms with Gasteiger partial charge in [0.2, 0.25) is 5.91 Å². The summed E-state index contributed by atoms with van der Waals surface area (Å²) in [7, 11) is 0. The predicted octanol–water partition coefficient (Wildman–Crippen LogP) is 2.70. The molecule has 1 aliphatic rings. The molecule has 28 heavy (non-hydrogen) atoms. The Morgan fingerprint density at radius 3 is 2.71 bits per heavy atom. The van der Waals surface area contributed by atoms with Gasteiger partial charge in [0.1, 0.15) is 11.6 Å². The van der Waals surface area contributed by atoms with Crippen LogP contribution in [0.1, 0.15) is 28.8 Å². The predicted molar refractivity (Wildman–Crippen MR) is 92.5 cm³/mol. The summed E-state index contributed by atoms with van der Waals surface area (Å²) in [5.74, 6) is -0.360. The molecular weight excluding hydrogens is 377 g/mol. The third-order valence-corrected chi connectivity index (χ3v) is 3.91. The smallest absolute Gasteiger partial charge is 0.422 e. The van der Waals surface area contributed by atoms with E-state index in [0.29, 0.717) is 5.56 Å². The number of anilines is 1. The van der Waals surface area contributed by atoms with Crippen molar-refractivity contribution in [1.29, 1.82) is 0 Å². The molecule has 0 bridgehead atoms. The Balaban J connectivity index is 1.60. The number of aromatic nitrogens is 2. The second-order valence-electron chi connectivity index (χ2n) is 6.26. The molecule has 3 rings (SSSR count). The molecule has 2 aromatic heterocycles. The van der Waals surface area contributed by atoms with Gasteiger partial charge in [0.05, 0.1) is 0 Å². The zero-order valence-corrected chi connectivity index (χ0v) is 14.6. The molecule has 2 heterocycles. The van der Waals surface area contributed by atoms with E-state index in [1.54, 1.807) is 0 Å². The van der Waals surface area contributed by atoms with Gasteiger partial charge in [-0.05, 0) is 31.0 Å². The van der Waals surface area contributed by atoms with E-state index in [1.807, 2.05) is 0 Å². The molecule has 1 aliphatic carbocycles. The first kappa shape index (κ1) is 19.6. The molecule has 0 atom stereocenters. The van der Waals surface area contributed by atoms with E-state index < -0.39 is 18.7 Å². The summed E-state index contributed by atoms with van der Waals surface area (Å²) in [6.45, 7) is -1.52. The van der Waals surface area contributed by atoms with E-state index >= 15 is 0 Å². The van der Waals surface area contributed by atoms with Crippen LogP contribution in [0.2, 0.25) is 0 Å². The monoisotopic (exact) mass is 394 g/mol. The molecule has 1 saturated carbocycles. The van der Waals surface area contributed by atoms with Crippen LogP contribution in [0.25, 0.3) is 0 Å². The van der Waals surface area contributed by atoms with Crippen molar-refractivity contribution in [2.24, 2.45) is 5.92 Å². The van der Waals surface area contributed by atoms with Gasteiger partial charge < -0.3 is 15.4 Å². The highest BCUT2D eigenvalue weighted by molar-refractivity contribution is 5.97. The molecule has 2 aromatic rings. The first-order chi connectivity index (χ1) is 13.3. The molecule has 0 aliphatic heterocycles. The van der Waals surface area contributed by atoms with Crippen LogP contribution in [0, 0.1) is 5.92 Å². The van der Waals surface area contributed by atoms with Crippen molar-refractivity contribution >= 4 is 17.6 Å². The van der Waals surface area contributed by atoms with Gasteiger partial charge in [-0.1, -0.05) is 0 Å². The Bertz CT molecular complexity index is 869. The van der Waals surface area contributed by atoms with Gasteiger partial charge in [-0.2, -0.15) is 13.2 Å². The maximum atomic E-state index is 12.3. The van der Waals surface area contributed by atoms with E-state index in [2.05, 4.69) is 20.6 Å². The number of rotatable bonds is 7. The topological polar surface area (TPSA) is 93.2 Å². The van der Waals surface area contributed by atoms with Crippen LogP contribution in [0.3, 0.4) is 0 Å². The molecule has 0 unspecified atom stereocenters. The number of hydrogen-bond acceptors (Lipinski definition) is 5. The number of ether oxygens (including phenoxy) is 1. The lowest BCUT2D eigenvalue weighted by atomic mass is 10.2. The lowest BCUT2D eigenvalue weighted by Gasteiger charge is -2.13. The number of pyridine rings is 2. The van der Waals surface area contributed by atoms with Crippen molar-refractivity contribution in [3.63, 3.8) is 0 Å². The van der Waals surface area contributed by atoms with Gasteiger partial charge in [0.25, 0.3) is 5.91 Å². The number of alkyl halides is 3. The van der Waals surface area contributed by atoms with E-state index in [4.69, 9.17) is 4.74 Å². The van der Waals surface area contributed by atoms with Crippen molar-refractivity contribution in [3.8, 4) is 5.75 Å². The standard InChI is InChI=1S/C18H17F3N4O3/c19-18(20,21)10-28-14-4-5-22-8-13(14)9-24-16(26)12-3-6-23-15(7-12)25-17(27)11-1-2-11/h3-8,11H,1-2,9-10H2,(H,24,26)(H,23,25,27). The highest BCUT2D eigenvalue weighted by atomic mass is 19.4. The van der Waals surface area contributed by atoms with E-state index in [0.717, 1.165) is 12.8 Å². The summed E-state index contributed by atoms with van der Waals surface area (Å²) >= 11 is 0. The van der Waals surface area contributed by atoms with Crippen LogP contribution in [0.4, 0.5) is 19.0 Å². The Kier molecular flexibility index (Phi) is 5.76. The molecule has 148 valence electrons. The average molecular weight is 394 g/mol. The van der Waals surface area contributed by atoms with Crippen LogP contribution in [0.5, 0.6) is 5.75 Å². The molecule has 2 amide bonds. The maximum Gasteiger partial charge on any atom is 0.422 e. The minimum absolute atomic E-state index is 0.0000161. The molecule has 1 fully saturated rings. The van der Waals surface area contributed by atoms with Gasteiger partial charge in [0, 0.05) is 42.2 Å². The molecule has 7 nitrogen and oxygen atoms in total. The molecule has 0 spiro atoms. The fourth-order valence-electron chi connectivity index (χ4n) is 2.34. The number of amides is 2. The normalized spacial score (nSPS) is 13.7. The summed E-state index contributed by atoms with van der Waals surface area (Å²) in [6.07, 6.45) is 1.22. The summed E-state index contributed by atoms with van der Waals surface area (Å²) in [4.78, 5) is 32.0. The maximum absolute atomic E-state index is 12.3. The van der Waals surface area contributed by atoms with E-state index in [1.165, 1.54) is 36.8 Å². The molecule has 0 aromatic carbocycles. The fraction of sp³-hybridized carbons (Fsp3) is 0.333. The first-order valence-electron chi connectivity index (χ1n) is 8.49. The van der Waals surface area contributed by atoms with Gasteiger partial charge in [-0.3, -0.25) is 14.6 Å². The van der Waals surface area contributed by atoms with Crippen LogP contribution in [0.15, 0.2) is 36.8 Å². The number of carbonyl (C=O) groups excluding carboxylic acids is 2. The Labute approximate surface area is 158 Å². The van der Waals surface area contributed by atoms with Gasteiger partial charge in [-0.15, -0.1) is 0 Å². The second-order valence-corrected chi connectivity index (χ2v) is 6.26. The second kappa shape index (κ2) is 8.24.